The SMILES string of the molecule is COc1ccc(C2=C(Cl)C(=O)N(C3CCCCC3)C2=O)cc1OC. The summed E-state index contributed by atoms with van der Waals surface area (Å²) in [6, 6.07) is 5.04. The van der Waals surface area contributed by atoms with Gasteiger partial charge in [-0.3, -0.25) is 14.5 Å². The maximum atomic E-state index is 12.9. The average Bonchev–Trinajstić information content (AvgIpc) is 2.84. The van der Waals surface area contributed by atoms with E-state index >= 15 is 0 Å². The minimum absolute atomic E-state index is 0.0159. The van der Waals surface area contributed by atoms with Crippen molar-refractivity contribution in [3.05, 3.63) is 28.8 Å². The molecule has 24 heavy (non-hydrogen) atoms. The summed E-state index contributed by atoms with van der Waals surface area (Å²) >= 11 is 6.24. The van der Waals surface area contributed by atoms with Gasteiger partial charge in [0, 0.05) is 6.04 Å². The Hall–Kier alpha value is -2.01. The number of nitrogens with zero attached hydrogens (tertiary/aromatic N) is 1. The second kappa shape index (κ2) is 6.85. The molecule has 2 amide bonds. The minimum atomic E-state index is -0.390. The van der Waals surface area contributed by atoms with Crippen molar-refractivity contribution in [3.63, 3.8) is 0 Å². The van der Waals surface area contributed by atoms with E-state index in [-0.39, 0.29) is 22.6 Å². The van der Waals surface area contributed by atoms with Gasteiger partial charge in [-0.25, -0.2) is 0 Å². The molecule has 0 spiro atoms. The predicted molar refractivity (Wildman–Crippen MR) is 91.0 cm³/mol. The van der Waals surface area contributed by atoms with E-state index in [4.69, 9.17) is 21.1 Å². The van der Waals surface area contributed by atoms with Gasteiger partial charge in [0.25, 0.3) is 11.8 Å². The van der Waals surface area contributed by atoms with E-state index in [1.54, 1.807) is 25.3 Å². The zero-order valence-electron chi connectivity index (χ0n) is 13.8. The molecule has 2 aliphatic rings. The normalized spacial score (nSPS) is 19.2. The van der Waals surface area contributed by atoms with Gasteiger partial charge in [-0.1, -0.05) is 36.9 Å². The fourth-order valence-corrected chi connectivity index (χ4v) is 3.71. The molecule has 1 aromatic carbocycles. The molecule has 0 bridgehead atoms. The van der Waals surface area contributed by atoms with E-state index in [0.29, 0.717) is 17.1 Å². The Morgan fingerprint density at radius 2 is 1.67 bits per heavy atom. The van der Waals surface area contributed by atoms with Crippen LogP contribution in [0.4, 0.5) is 0 Å². The summed E-state index contributed by atoms with van der Waals surface area (Å²) < 4.78 is 10.5. The molecule has 0 atom stereocenters. The van der Waals surface area contributed by atoms with Gasteiger partial charge in [0.1, 0.15) is 5.03 Å². The Morgan fingerprint density at radius 1 is 1.00 bits per heavy atom. The molecule has 0 radical (unpaired) electrons. The first-order valence-corrected chi connectivity index (χ1v) is 8.46. The number of hydrogen-bond donors (Lipinski definition) is 0. The highest BCUT2D eigenvalue weighted by Crippen LogP contribution is 2.38. The quantitative estimate of drug-likeness (QED) is 0.782. The average molecular weight is 350 g/mol. The van der Waals surface area contributed by atoms with Gasteiger partial charge in [-0.2, -0.15) is 0 Å². The van der Waals surface area contributed by atoms with Crippen molar-refractivity contribution in [1.82, 2.24) is 4.90 Å². The number of methoxy groups -OCH3 is 2. The number of rotatable bonds is 4. The number of halogens is 1. The van der Waals surface area contributed by atoms with Crippen molar-refractivity contribution >= 4 is 29.0 Å². The summed E-state index contributed by atoms with van der Waals surface area (Å²) in [5, 5.41) is -0.0159. The fourth-order valence-electron chi connectivity index (χ4n) is 3.43. The smallest absolute Gasteiger partial charge is 0.273 e. The number of carbonyl (C=O) groups is 2. The molecule has 0 saturated heterocycles. The van der Waals surface area contributed by atoms with Gasteiger partial charge >= 0.3 is 0 Å². The highest BCUT2D eigenvalue weighted by atomic mass is 35.5. The lowest BCUT2D eigenvalue weighted by molar-refractivity contribution is -0.139. The van der Waals surface area contributed by atoms with Crippen LogP contribution in [0.5, 0.6) is 11.5 Å². The van der Waals surface area contributed by atoms with Gasteiger partial charge < -0.3 is 9.47 Å². The van der Waals surface area contributed by atoms with Crippen molar-refractivity contribution in [1.29, 1.82) is 0 Å². The van der Waals surface area contributed by atoms with Crippen LogP contribution in [0.2, 0.25) is 0 Å². The molecule has 1 aliphatic heterocycles. The second-order valence-corrected chi connectivity index (χ2v) is 6.41. The predicted octanol–water partition coefficient (Wildman–Crippen LogP) is 3.36. The first kappa shape index (κ1) is 16.8. The van der Waals surface area contributed by atoms with Gasteiger partial charge in [0.15, 0.2) is 11.5 Å². The van der Waals surface area contributed by atoms with E-state index < -0.39 is 5.91 Å². The van der Waals surface area contributed by atoms with E-state index in [9.17, 15) is 9.59 Å². The van der Waals surface area contributed by atoms with Gasteiger partial charge in [0.2, 0.25) is 0 Å². The number of hydrogen-bond acceptors (Lipinski definition) is 4. The van der Waals surface area contributed by atoms with Crippen molar-refractivity contribution < 1.29 is 19.1 Å². The Balaban J connectivity index is 1.95. The summed E-state index contributed by atoms with van der Waals surface area (Å²) in [4.78, 5) is 26.7. The molecule has 1 heterocycles. The van der Waals surface area contributed by atoms with Crippen LogP contribution in [0.1, 0.15) is 37.7 Å². The van der Waals surface area contributed by atoms with Crippen molar-refractivity contribution in [2.24, 2.45) is 0 Å². The molecule has 1 aromatic rings. The molecular formula is C18H20ClNO4. The van der Waals surface area contributed by atoms with Crippen LogP contribution in [0, 0.1) is 0 Å². The third kappa shape index (κ3) is 2.77. The van der Waals surface area contributed by atoms with Crippen LogP contribution >= 0.6 is 11.6 Å². The van der Waals surface area contributed by atoms with E-state index in [2.05, 4.69) is 0 Å². The molecule has 3 rings (SSSR count). The van der Waals surface area contributed by atoms with Gasteiger partial charge in [0.05, 0.1) is 19.8 Å². The highest BCUT2D eigenvalue weighted by molar-refractivity contribution is 6.55. The molecular weight excluding hydrogens is 330 g/mol. The second-order valence-electron chi connectivity index (χ2n) is 6.03. The largest absolute Gasteiger partial charge is 0.493 e. The highest BCUT2D eigenvalue weighted by Gasteiger charge is 2.42. The zero-order chi connectivity index (χ0) is 17.3. The third-order valence-electron chi connectivity index (χ3n) is 4.67. The Labute approximate surface area is 146 Å². The van der Waals surface area contributed by atoms with Crippen LogP contribution in [0.15, 0.2) is 23.2 Å². The molecule has 0 aromatic heterocycles. The number of ether oxygens (including phenoxy) is 2. The Morgan fingerprint density at radius 3 is 2.29 bits per heavy atom. The summed E-state index contributed by atoms with van der Waals surface area (Å²) in [5.41, 5.74) is 0.808. The van der Waals surface area contributed by atoms with Crippen LogP contribution in [0.25, 0.3) is 5.57 Å². The summed E-state index contributed by atoms with van der Waals surface area (Å²) in [6.45, 7) is 0. The van der Waals surface area contributed by atoms with E-state index in [1.165, 1.54) is 12.0 Å². The molecule has 5 nitrogen and oxygen atoms in total. The maximum Gasteiger partial charge on any atom is 0.273 e. The molecule has 1 saturated carbocycles. The Kier molecular flexibility index (Phi) is 4.81. The first-order chi connectivity index (χ1) is 11.6. The van der Waals surface area contributed by atoms with Gasteiger partial charge in [-0.05, 0) is 30.5 Å². The Bertz CT molecular complexity index is 707. The molecule has 0 N–H and O–H groups in total. The summed E-state index contributed by atoms with van der Waals surface area (Å²) in [7, 11) is 3.06. The molecule has 6 heteroatoms. The summed E-state index contributed by atoms with van der Waals surface area (Å²) in [5.74, 6) is 0.338. The summed E-state index contributed by atoms with van der Waals surface area (Å²) in [6.07, 6.45) is 4.91. The van der Waals surface area contributed by atoms with Crippen LogP contribution < -0.4 is 9.47 Å². The van der Waals surface area contributed by atoms with Gasteiger partial charge in [-0.15, -0.1) is 0 Å². The van der Waals surface area contributed by atoms with Crippen LogP contribution in [-0.2, 0) is 9.59 Å². The zero-order valence-corrected chi connectivity index (χ0v) is 14.6. The maximum absolute atomic E-state index is 12.9. The van der Waals surface area contributed by atoms with E-state index in [0.717, 1.165) is 32.1 Å². The number of imide groups is 1. The monoisotopic (exact) mass is 349 g/mol. The minimum Gasteiger partial charge on any atom is -0.493 e. The number of benzene rings is 1. The van der Waals surface area contributed by atoms with E-state index in [1.807, 2.05) is 0 Å². The molecule has 128 valence electrons. The standard InChI is InChI=1S/C18H20ClNO4/c1-23-13-9-8-11(10-14(13)24-2)15-16(19)18(22)20(17(15)21)12-6-4-3-5-7-12/h8-10,12H,3-7H2,1-2H3. The van der Waals surface area contributed by atoms with Crippen molar-refractivity contribution in [3.8, 4) is 11.5 Å². The van der Waals surface area contributed by atoms with Crippen LogP contribution in [0.3, 0.4) is 0 Å². The van der Waals surface area contributed by atoms with Crippen molar-refractivity contribution in [2.75, 3.05) is 14.2 Å². The van der Waals surface area contributed by atoms with Crippen molar-refractivity contribution in [2.45, 2.75) is 38.1 Å². The lowest BCUT2D eigenvalue weighted by atomic mass is 9.94. The van der Waals surface area contributed by atoms with Crippen LogP contribution in [-0.4, -0.2) is 37.0 Å². The number of carbonyl (C=O) groups excluding carboxylic acids is 2. The molecule has 1 fully saturated rings. The number of amides is 2. The molecule has 0 unspecified atom stereocenters. The fraction of sp³-hybridized carbons (Fsp3) is 0.444. The first-order valence-electron chi connectivity index (χ1n) is 8.08. The third-order valence-corrected chi connectivity index (χ3v) is 5.02. The molecule has 1 aliphatic carbocycles. The topological polar surface area (TPSA) is 55.8 Å². The lowest BCUT2D eigenvalue weighted by Gasteiger charge is -2.29. The lowest BCUT2D eigenvalue weighted by Crippen LogP contribution is -2.41.